The molecule has 0 atom stereocenters. The van der Waals surface area contributed by atoms with Crippen LogP contribution in [0.1, 0.15) is 67.2 Å². The van der Waals surface area contributed by atoms with Gasteiger partial charge in [0.25, 0.3) is 0 Å². The van der Waals surface area contributed by atoms with E-state index in [4.69, 9.17) is 0 Å². The summed E-state index contributed by atoms with van der Waals surface area (Å²) in [6.45, 7) is 18.0. The standard InChI is InChI=1S/C18H36N2/c1-17(2,3)15-7-9-20(10-8-15)13-14-11-16(12-14)19-18(4,5)6/h14-16,19H,7-13H2,1-6H3. The van der Waals surface area contributed by atoms with Gasteiger partial charge in [0.15, 0.2) is 0 Å². The average Bonchev–Trinajstić information content (AvgIpc) is 2.24. The second kappa shape index (κ2) is 5.96. The maximum absolute atomic E-state index is 3.73. The summed E-state index contributed by atoms with van der Waals surface area (Å²) in [6, 6.07) is 0.770. The normalized spacial score (nSPS) is 30.3. The van der Waals surface area contributed by atoms with E-state index in [0.29, 0.717) is 5.41 Å². The van der Waals surface area contributed by atoms with Crippen LogP contribution in [-0.2, 0) is 0 Å². The van der Waals surface area contributed by atoms with Crippen LogP contribution < -0.4 is 5.32 Å². The molecule has 118 valence electrons. The third-order valence-electron chi connectivity index (χ3n) is 5.20. The topological polar surface area (TPSA) is 15.3 Å². The first-order chi connectivity index (χ1) is 9.13. The Morgan fingerprint density at radius 1 is 0.950 bits per heavy atom. The van der Waals surface area contributed by atoms with E-state index in [9.17, 15) is 0 Å². The zero-order chi connectivity index (χ0) is 15.0. The lowest BCUT2D eigenvalue weighted by atomic mass is 9.74. The summed E-state index contributed by atoms with van der Waals surface area (Å²) >= 11 is 0. The molecule has 1 saturated carbocycles. The lowest BCUT2D eigenvalue weighted by Gasteiger charge is -2.44. The predicted molar refractivity (Wildman–Crippen MR) is 88.0 cm³/mol. The summed E-state index contributed by atoms with van der Waals surface area (Å²) in [5, 5.41) is 3.73. The van der Waals surface area contributed by atoms with E-state index in [2.05, 4.69) is 51.8 Å². The molecule has 1 heterocycles. The molecule has 0 aromatic carbocycles. The average molecular weight is 280 g/mol. The van der Waals surface area contributed by atoms with Crippen LogP contribution in [0.15, 0.2) is 0 Å². The van der Waals surface area contributed by atoms with Crippen LogP contribution in [0.5, 0.6) is 0 Å². The van der Waals surface area contributed by atoms with Crippen LogP contribution in [0.2, 0.25) is 0 Å². The Labute approximate surface area is 126 Å². The van der Waals surface area contributed by atoms with Gasteiger partial charge in [-0.3, -0.25) is 0 Å². The Morgan fingerprint density at radius 2 is 1.50 bits per heavy atom. The lowest BCUT2D eigenvalue weighted by molar-refractivity contribution is 0.0741. The first-order valence-corrected chi connectivity index (χ1v) is 8.63. The maximum Gasteiger partial charge on any atom is 0.00991 e. The van der Waals surface area contributed by atoms with Gasteiger partial charge in [0.05, 0.1) is 0 Å². The van der Waals surface area contributed by atoms with Crippen molar-refractivity contribution in [3.8, 4) is 0 Å². The fourth-order valence-corrected chi connectivity index (χ4v) is 3.96. The molecule has 20 heavy (non-hydrogen) atoms. The van der Waals surface area contributed by atoms with Crippen molar-refractivity contribution in [3.63, 3.8) is 0 Å². The van der Waals surface area contributed by atoms with E-state index in [-0.39, 0.29) is 5.54 Å². The van der Waals surface area contributed by atoms with Gasteiger partial charge in [-0.1, -0.05) is 20.8 Å². The highest BCUT2D eigenvalue weighted by molar-refractivity contribution is 4.91. The van der Waals surface area contributed by atoms with Gasteiger partial charge in [0.1, 0.15) is 0 Å². The maximum atomic E-state index is 3.73. The molecule has 0 aromatic rings. The van der Waals surface area contributed by atoms with Gasteiger partial charge >= 0.3 is 0 Å². The molecule has 1 aliphatic carbocycles. The van der Waals surface area contributed by atoms with E-state index in [0.717, 1.165) is 17.9 Å². The molecule has 0 spiro atoms. The smallest absolute Gasteiger partial charge is 0.00991 e. The van der Waals surface area contributed by atoms with E-state index in [1.54, 1.807) is 0 Å². The third kappa shape index (κ3) is 4.73. The van der Waals surface area contributed by atoms with Crippen molar-refractivity contribution in [2.45, 2.75) is 78.8 Å². The molecule has 0 aromatic heterocycles. The lowest BCUT2D eigenvalue weighted by Crippen LogP contribution is -2.52. The molecule has 0 unspecified atom stereocenters. The first-order valence-electron chi connectivity index (χ1n) is 8.63. The van der Waals surface area contributed by atoms with E-state index >= 15 is 0 Å². The molecule has 2 nitrogen and oxygen atoms in total. The minimum absolute atomic E-state index is 0.278. The largest absolute Gasteiger partial charge is 0.309 e. The minimum atomic E-state index is 0.278. The fourth-order valence-electron chi connectivity index (χ4n) is 3.96. The van der Waals surface area contributed by atoms with Crippen molar-refractivity contribution in [3.05, 3.63) is 0 Å². The van der Waals surface area contributed by atoms with E-state index in [1.807, 2.05) is 0 Å². The third-order valence-corrected chi connectivity index (χ3v) is 5.20. The molecule has 2 rings (SSSR count). The second-order valence-corrected chi connectivity index (χ2v) is 9.37. The molecule has 0 amide bonds. The molecule has 2 heteroatoms. The summed E-state index contributed by atoms with van der Waals surface area (Å²) < 4.78 is 0. The first kappa shape index (κ1) is 16.3. The van der Waals surface area contributed by atoms with Crippen molar-refractivity contribution >= 4 is 0 Å². The second-order valence-electron chi connectivity index (χ2n) is 9.37. The summed E-state index contributed by atoms with van der Waals surface area (Å²) in [5.41, 5.74) is 0.783. The monoisotopic (exact) mass is 280 g/mol. The van der Waals surface area contributed by atoms with Crippen LogP contribution in [0.25, 0.3) is 0 Å². The van der Waals surface area contributed by atoms with Gasteiger partial charge in [-0.05, 0) is 76.8 Å². The van der Waals surface area contributed by atoms with Gasteiger partial charge in [-0.25, -0.2) is 0 Å². The number of likely N-dealkylation sites (tertiary alicyclic amines) is 1. The van der Waals surface area contributed by atoms with Crippen LogP contribution in [0.3, 0.4) is 0 Å². The Hall–Kier alpha value is -0.0800. The van der Waals surface area contributed by atoms with Gasteiger partial charge in [0.2, 0.25) is 0 Å². The Bertz CT molecular complexity index is 296. The van der Waals surface area contributed by atoms with Crippen molar-refractivity contribution in [1.82, 2.24) is 10.2 Å². The number of nitrogens with zero attached hydrogens (tertiary/aromatic N) is 1. The highest BCUT2D eigenvalue weighted by Crippen LogP contribution is 2.36. The molecule has 0 bridgehead atoms. The molecule has 1 N–H and O–H groups in total. The van der Waals surface area contributed by atoms with Gasteiger partial charge in [-0.15, -0.1) is 0 Å². The molecule has 2 aliphatic rings. The molecule has 1 aliphatic heterocycles. The Kier molecular flexibility index (Phi) is 4.86. The molecule has 2 fully saturated rings. The van der Waals surface area contributed by atoms with Crippen molar-refractivity contribution in [1.29, 1.82) is 0 Å². The SMILES string of the molecule is CC(C)(C)NC1CC(CN2CCC(C(C)(C)C)CC2)C1. The molecular weight excluding hydrogens is 244 g/mol. The number of nitrogens with one attached hydrogen (secondary N) is 1. The summed E-state index contributed by atoms with van der Waals surface area (Å²) in [6.07, 6.45) is 5.58. The van der Waals surface area contributed by atoms with Crippen molar-refractivity contribution in [2.75, 3.05) is 19.6 Å². The summed E-state index contributed by atoms with van der Waals surface area (Å²) in [5.74, 6) is 1.87. The number of hydrogen-bond acceptors (Lipinski definition) is 2. The number of hydrogen-bond donors (Lipinski definition) is 1. The van der Waals surface area contributed by atoms with Crippen LogP contribution in [0.4, 0.5) is 0 Å². The van der Waals surface area contributed by atoms with Crippen molar-refractivity contribution < 1.29 is 0 Å². The Balaban J connectivity index is 1.63. The molecule has 1 saturated heterocycles. The zero-order valence-electron chi connectivity index (χ0n) is 14.6. The van der Waals surface area contributed by atoms with Crippen molar-refractivity contribution in [2.24, 2.45) is 17.3 Å². The van der Waals surface area contributed by atoms with E-state index in [1.165, 1.54) is 45.3 Å². The fraction of sp³-hybridized carbons (Fsp3) is 1.00. The quantitative estimate of drug-likeness (QED) is 0.843. The zero-order valence-corrected chi connectivity index (χ0v) is 14.6. The molecular formula is C18H36N2. The Morgan fingerprint density at radius 3 is 1.95 bits per heavy atom. The van der Waals surface area contributed by atoms with Gasteiger partial charge in [0, 0.05) is 18.1 Å². The number of rotatable bonds is 3. The summed E-state index contributed by atoms with van der Waals surface area (Å²) in [7, 11) is 0. The van der Waals surface area contributed by atoms with Crippen LogP contribution >= 0.6 is 0 Å². The molecule has 0 radical (unpaired) electrons. The minimum Gasteiger partial charge on any atom is -0.309 e. The van der Waals surface area contributed by atoms with E-state index < -0.39 is 0 Å². The number of piperidine rings is 1. The predicted octanol–water partition coefficient (Wildman–Crippen LogP) is 3.91. The van der Waals surface area contributed by atoms with Gasteiger partial charge < -0.3 is 10.2 Å². The highest BCUT2D eigenvalue weighted by Gasteiger charge is 2.34. The van der Waals surface area contributed by atoms with Crippen LogP contribution in [-0.4, -0.2) is 36.1 Å². The summed E-state index contributed by atoms with van der Waals surface area (Å²) in [4.78, 5) is 2.72. The van der Waals surface area contributed by atoms with Gasteiger partial charge in [-0.2, -0.15) is 0 Å². The van der Waals surface area contributed by atoms with Crippen LogP contribution in [0, 0.1) is 17.3 Å². The highest BCUT2D eigenvalue weighted by atomic mass is 15.1.